The number of imidazole rings is 1. The van der Waals surface area contributed by atoms with E-state index in [1.54, 1.807) is 12.1 Å². The minimum Gasteiger partial charge on any atom is -0.373 e. The SMILES string of the molecule is O=S(=O)(OC1COC2CCOC21)c1ccc2nc(-c3ccccc3)[nH]c2c1. The van der Waals surface area contributed by atoms with Gasteiger partial charge in [0.05, 0.1) is 28.6 Å². The average molecular weight is 386 g/mol. The third kappa shape index (κ3) is 3.04. The Labute approximate surface area is 156 Å². The van der Waals surface area contributed by atoms with E-state index in [2.05, 4.69) is 9.97 Å². The molecule has 7 nitrogen and oxygen atoms in total. The molecule has 0 amide bonds. The van der Waals surface area contributed by atoms with Crippen molar-refractivity contribution < 1.29 is 22.1 Å². The van der Waals surface area contributed by atoms with E-state index in [4.69, 9.17) is 13.7 Å². The molecule has 2 aliphatic rings. The fourth-order valence-corrected chi connectivity index (χ4v) is 4.71. The Morgan fingerprint density at radius 1 is 1.11 bits per heavy atom. The maximum atomic E-state index is 12.7. The van der Waals surface area contributed by atoms with Crippen molar-refractivity contribution in [1.29, 1.82) is 0 Å². The third-order valence-corrected chi connectivity index (χ3v) is 6.29. The highest BCUT2D eigenvalue weighted by molar-refractivity contribution is 7.86. The van der Waals surface area contributed by atoms with Crippen molar-refractivity contribution in [1.82, 2.24) is 9.97 Å². The molecule has 0 spiro atoms. The molecule has 2 aromatic carbocycles. The van der Waals surface area contributed by atoms with E-state index in [1.165, 1.54) is 6.07 Å². The van der Waals surface area contributed by atoms with Gasteiger partial charge < -0.3 is 14.5 Å². The molecule has 3 aromatic rings. The summed E-state index contributed by atoms with van der Waals surface area (Å²) < 4.78 is 42.0. The van der Waals surface area contributed by atoms with E-state index in [9.17, 15) is 8.42 Å². The molecule has 0 bridgehead atoms. The van der Waals surface area contributed by atoms with Crippen LogP contribution in [0.15, 0.2) is 53.4 Å². The molecule has 0 aliphatic carbocycles. The normalized spacial score (nSPS) is 25.1. The summed E-state index contributed by atoms with van der Waals surface area (Å²) in [5, 5.41) is 0. The van der Waals surface area contributed by atoms with Crippen molar-refractivity contribution in [3.8, 4) is 11.4 Å². The molecule has 3 unspecified atom stereocenters. The molecule has 2 fully saturated rings. The number of benzene rings is 2. The van der Waals surface area contributed by atoms with Crippen molar-refractivity contribution in [3.05, 3.63) is 48.5 Å². The van der Waals surface area contributed by atoms with Crippen molar-refractivity contribution >= 4 is 21.2 Å². The third-order valence-electron chi connectivity index (χ3n) is 4.96. The predicted molar refractivity (Wildman–Crippen MR) is 97.7 cm³/mol. The number of H-pyrrole nitrogens is 1. The summed E-state index contributed by atoms with van der Waals surface area (Å²) in [6.07, 6.45) is -0.235. The predicted octanol–water partition coefficient (Wildman–Crippen LogP) is 2.49. The summed E-state index contributed by atoms with van der Waals surface area (Å²) >= 11 is 0. The number of nitrogens with zero attached hydrogens (tertiary/aromatic N) is 1. The summed E-state index contributed by atoms with van der Waals surface area (Å²) in [4.78, 5) is 7.78. The van der Waals surface area contributed by atoms with Crippen LogP contribution >= 0.6 is 0 Å². The molecule has 1 aromatic heterocycles. The van der Waals surface area contributed by atoms with Crippen molar-refractivity contribution in [2.75, 3.05) is 13.2 Å². The summed E-state index contributed by atoms with van der Waals surface area (Å²) in [5.74, 6) is 0.687. The van der Waals surface area contributed by atoms with Gasteiger partial charge in [0.25, 0.3) is 10.1 Å². The summed E-state index contributed by atoms with van der Waals surface area (Å²) in [6.45, 7) is 0.788. The van der Waals surface area contributed by atoms with Gasteiger partial charge in [-0.1, -0.05) is 30.3 Å². The average Bonchev–Trinajstić information content (AvgIpc) is 3.38. The van der Waals surface area contributed by atoms with Gasteiger partial charge >= 0.3 is 0 Å². The van der Waals surface area contributed by atoms with Crippen LogP contribution in [0.4, 0.5) is 0 Å². The first-order valence-electron chi connectivity index (χ1n) is 8.82. The zero-order valence-electron chi connectivity index (χ0n) is 14.4. The van der Waals surface area contributed by atoms with E-state index in [1.807, 2.05) is 30.3 Å². The monoisotopic (exact) mass is 386 g/mol. The fraction of sp³-hybridized carbons (Fsp3) is 0.316. The lowest BCUT2D eigenvalue weighted by Gasteiger charge is -2.16. The zero-order valence-corrected chi connectivity index (χ0v) is 15.2. The summed E-state index contributed by atoms with van der Waals surface area (Å²) in [5.41, 5.74) is 2.26. The second-order valence-electron chi connectivity index (χ2n) is 6.72. The number of aromatic amines is 1. The van der Waals surface area contributed by atoms with E-state index in [0.29, 0.717) is 23.5 Å². The Morgan fingerprint density at radius 3 is 2.81 bits per heavy atom. The highest BCUT2D eigenvalue weighted by Crippen LogP contribution is 2.31. The number of hydrogen-bond acceptors (Lipinski definition) is 6. The number of hydrogen-bond donors (Lipinski definition) is 1. The second kappa shape index (κ2) is 6.42. The maximum Gasteiger partial charge on any atom is 0.297 e. The highest BCUT2D eigenvalue weighted by atomic mass is 32.2. The molecule has 27 heavy (non-hydrogen) atoms. The molecule has 5 rings (SSSR count). The molecule has 0 radical (unpaired) electrons. The van der Waals surface area contributed by atoms with Gasteiger partial charge in [-0.2, -0.15) is 8.42 Å². The van der Waals surface area contributed by atoms with Crippen LogP contribution in [0, 0.1) is 0 Å². The zero-order chi connectivity index (χ0) is 18.4. The molecular formula is C19H18N2O5S. The van der Waals surface area contributed by atoms with Crippen LogP contribution in [0.3, 0.4) is 0 Å². The Bertz CT molecular complexity index is 1080. The smallest absolute Gasteiger partial charge is 0.297 e. The summed E-state index contributed by atoms with van der Waals surface area (Å²) in [6, 6.07) is 14.4. The Kier molecular flexibility index (Phi) is 4.01. The highest BCUT2D eigenvalue weighted by Gasteiger charge is 2.44. The number of aromatic nitrogens is 2. The molecule has 8 heteroatoms. The molecule has 2 aliphatic heterocycles. The maximum absolute atomic E-state index is 12.7. The van der Waals surface area contributed by atoms with E-state index in [0.717, 1.165) is 12.0 Å². The minimum atomic E-state index is -3.94. The lowest BCUT2D eigenvalue weighted by Crippen LogP contribution is -2.32. The van der Waals surface area contributed by atoms with Gasteiger partial charge in [-0.15, -0.1) is 0 Å². The Hall–Kier alpha value is -2.26. The largest absolute Gasteiger partial charge is 0.373 e. The van der Waals surface area contributed by atoms with Crippen molar-refractivity contribution in [2.24, 2.45) is 0 Å². The van der Waals surface area contributed by atoms with Crippen LogP contribution in [0.2, 0.25) is 0 Å². The Morgan fingerprint density at radius 2 is 1.96 bits per heavy atom. The van der Waals surface area contributed by atoms with Gasteiger partial charge in [0.2, 0.25) is 0 Å². The molecule has 140 valence electrons. The van der Waals surface area contributed by atoms with Crippen molar-refractivity contribution in [3.63, 3.8) is 0 Å². The molecule has 1 N–H and O–H groups in total. The van der Waals surface area contributed by atoms with Crippen LogP contribution < -0.4 is 0 Å². The van der Waals surface area contributed by atoms with Crippen LogP contribution in [-0.2, 0) is 23.8 Å². The van der Waals surface area contributed by atoms with E-state index < -0.39 is 16.2 Å². The molecule has 3 heterocycles. The fourth-order valence-electron chi connectivity index (χ4n) is 3.61. The first-order valence-corrected chi connectivity index (χ1v) is 10.2. The van der Waals surface area contributed by atoms with Crippen LogP contribution in [0.1, 0.15) is 6.42 Å². The van der Waals surface area contributed by atoms with Crippen molar-refractivity contribution in [2.45, 2.75) is 29.6 Å². The second-order valence-corrected chi connectivity index (χ2v) is 8.29. The molecule has 3 atom stereocenters. The first kappa shape index (κ1) is 16.9. The number of rotatable bonds is 4. The lowest BCUT2D eigenvalue weighted by atomic mass is 10.1. The summed E-state index contributed by atoms with van der Waals surface area (Å²) in [7, 11) is -3.94. The standard InChI is InChI=1S/C19H18N2O5S/c22-27(23,26-17-11-25-16-8-9-24-18(16)17)13-6-7-14-15(10-13)21-19(20-14)12-4-2-1-3-5-12/h1-7,10,16-18H,8-9,11H2,(H,20,21). The van der Waals surface area contributed by atoms with Crippen LogP contribution in [0.5, 0.6) is 0 Å². The van der Waals surface area contributed by atoms with Gasteiger partial charge in [0.15, 0.2) is 0 Å². The number of fused-ring (bicyclic) bond motifs is 2. The quantitative estimate of drug-likeness (QED) is 0.693. The topological polar surface area (TPSA) is 90.5 Å². The van der Waals surface area contributed by atoms with E-state index >= 15 is 0 Å². The van der Waals surface area contributed by atoms with Crippen LogP contribution in [0.25, 0.3) is 22.4 Å². The molecule has 0 saturated carbocycles. The van der Waals surface area contributed by atoms with Gasteiger partial charge in [-0.3, -0.25) is 4.18 Å². The Balaban J connectivity index is 1.44. The van der Waals surface area contributed by atoms with Crippen LogP contribution in [-0.4, -0.2) is 49.9 Å². The van der Waals surface area contributed by atoms with Gasteiger partial charge in [0.1, 0.15) is 18.0 Å². The number of nitrogens with one attached hydrogen (secondary N) is 1. The van der Waals surface area contributed by atoms with E-state index in [-0.39, 0.29) is 23.7 Å². The van der Waals surface area contributed by atoms with Gasteiger partial charge in [0, 0.05) is 12.2 Å². The lowest BCUT2D eigenvalue weighted by molar-refractivity contribution is 0.0336. The first-order chi connectivity index (χ1) is 13.1. The molecule has 2 saturated heterocycles. The number of ether oxygens (including phenoxy) is 2. The minimum absolute atomic E-state index is 0.0753. The van der Waals surface area contributed by atoms with Gasteiger partial charge in [-0.25, -0.2) is 4.98 Å². The molecular weight excluding hydrogens is 368 g/mol. The van der Waals surface area contributed by atoms with Gasteiger partial charge in [-0.05, 0) is 24.6 Å².